The van der Waals surface area contributed by atoms with E-state index in [1.165, 1.54) is 11.8 Å². The summed E-state index contributed by atoms with van der Waals surface area (Å²) >= 11 is 1.49. The Morgan fingerprint density at radius 2 is 2.05 bits per heavy atom. The van der Waals surface area contributed by atoms with Crippen LogP contribution in [0.1, 0.15) is 13.3 Å². The summed E-state index contributed by atoms with van der Waals surface area (Å²) in [6, 6.07) is 12.2. The SMILES string of the molecule is CCCn1c(=O)nc(SC)c2[nH]c(-c3ccccc3)cc21. The molecule has 3 aromatic rings. The van der Waals surface area contributed by atoms with Gasteiger partial charge in [0.25, 0.3) is 0 Å². The van der Waals surface area contributed by atoms with E-state index < -0.39 is 0 Å². The topological polar surface area (TPSA) is 50.7 Å². The number of thioether (sulfide) groups is 1. The number of nitrogens with zero attached hydrogens (tertiary/aromatic N) is 2. The number of hydrogen-bond donors (Lipinski definition) is 1. The lowest BCUT2D eigenvalue weighted by Crippen LogP contribution is -2.23. The van der Waals surface area contributed by atoms with Crippen molar-refractivity contribution in [2.45, 2.75) is 24.9 Å². The average Bonchev–Trinajstić information content (AvgIpc) is 2.96. The molecule has 1 N–H and O–H groups in total. The fourth-order valence-electron chi connectivity index (χ4n) is 2.49. The minimum absolute atomic E-state index is 0.174. The lowest BCUT2D eigenvalue weighted by atomic mass is 10.2. The van der Waals surface area contributed by atoms with Crippen LogP contribution in [-0.2, 0) is 6.54 Å². The Hall–Kier alpha value is -2.01. The second-order valence-corrected chi connectivity index (χ2v) is 5.66. The van der Waals surface area contributed by atoms with E-state index in [1.54, 1.807) is 4.57 Å². The highest BCUT2D eigenvalue weighted by molar-refractivity contribution is 7.98. The number of aryl methyl sites for hydroxylation is 1. The van der Waals surface area contributed by atoms with Crippen molar-refractivity contribution in [1.82, 2.24) is 14.5 Å². The number of rotatable bonds is 4. The Balaban J connectivity index is 2.28. The van der Waals surface area contributed by atoms with Crippen molar-refractivity contribution in [2.24, 2.45) is 0 Å². The van der Waals surface area contributed by atoms with Gasteiger partial charge in [-0.1, -0.05) is 37.3 Å². The van der Waals surface area contributed by atoms with Crippen LogP contribution in [0.4, 0.5) is 0 Å². The summed E-state index contributed by atoms with van der Waals surface area (Å²) in [5.41, 5.74) is 3.82. The van der Waals surface area contributed by atoms with Crippen LogP contribution in [0.2, 0.25) is 0 Å². The first-order valence-electron chi connectivity index (χ1n) is 6.97. The zero-order valence-electron chi connectivity index (χ0n) is 12.1. The summed E-state index contributed by atoms with van der Waals surface area (Å²) in [6.45, 7) is 2.74. The van der Waals surface area contributed by atoms with Crippen molar-refractivity contribution in [3.05, 3.63) is 46.9 Å². The molecule has 3 rings (SSSR count). The third-order valence-electron chi connectivity index (χ3n) is 3.45. The second-order valence-electron chi connectivity index (χ2n) is 4.86. The highest BCUT2D eigenvalue weighted by Crippen LogP contribution is 2.27. The van der Waals surface area contributed by atoms with Gasteiger partial charge in [-0.2, -0.15) is 4.98 Å². The Kier molecular flexibility index (Phi) is 3.84. The third-order valence-corrected chi connectivity index (χ3v) is 4.14. The summed E-state index contributed by atoms with van der Waals surface area (Å²) in [7, 11) is 0. The summed E-state index contributed by atoms with van der Waals surface area (Å²) in [5, 5.41) is 0.754. The maximum atomic E-state index is 12.2. The molecule has 21 heavy (non-hydrogen) atoms. The third kappa shape index (κ3) is 2.49. The lowest BCUT2D eigenvalue weighted by Gasteiger charge is -2.06. The molecule has 0 saturated carbocycles. The number of fused-ring (bicyclic) bond motifs is 1. The fourth-order valence-corrected chi connectivity index (χ4v) is 3.02. The molecule has 0 spiro atoms. The molecule has 0 unspecified atom stereocenters. The highest BCUT2D eigenvalue weighted by Gasteiger charge is 2.13. The summed E-state index contributed by atoms with van der Waals surface area (Å²) < 4.78 is 1.75. The zero-order chi connectivity index (χ0) is 14.8. The van der Waals surface area contributed by atoms with Crippen molar-refractivity contribution in [1.29, 1.82) is 0 Å². The maximum absolute atomic E-state index is 12.2. The van der Waals surface area contributed by atoms with E-state index in [2.05, 4.69) is 29.0 Å². The van der Waals surface area contributed by atoms with Crippen LogP contribution in [0, 0.1) is 0 Å². The van der Waals surface area contributed by atoms with Crippen LogP contribution >= 0.6 is 11.8 Å². The normalized spacial score (nSPS) is 11.1. The first kappa shape index (κ1) is 13.9. The Labute approximate surface area is 127 Å². The van der Waals surface area contributed by atoms with Gasteiger partial charge < -0.3 is 4.98 Å². The first-order chi connectivity index (χ1) is 10.2. The summed E-state index contributed by atoms with van der Waals surface area (Å²) in [4.78, 5) is 19.8. The molecule has 0 aliphatic heterocycles. The van der Waals surface area contributed by atoms with E-state index in [1.807, 2.05) is 30.5 Å². The molecular weight excluding hydrogens is 282 g/mol. The van der Waals surface area contributed by atoms with E-state index in [0.29, 0.717) is 6.54 Å². The van der Waals surface area contributed by atoms with Crippen LogP contribution in [0.15, 0.2) is 46.2 Å². The Morgan fingerprint density at radius 1 is 1.29 bits per heavy atom. The van der Waals surface area contributed by atoms with Crippen LogP contribution in [-0.4, -0.2) is 20.8 Å². The number of aromatic amines is 1. The van der Waals surface area contributed by atoms with Gasteiger partial charge in [0.15, 0.2) is 0 Å². The van der Waals surface area contributed by atoms with Crippen LogP contribution in [0.3, 0.4) is 0 Å². The number of nitrogens with one attached hydrogen (secondary N) is 1. The van der Waals surface area contributed by atoms with Gasteiger partial charge in [-0.05, 0) is 24.3 Å². The van der Waals surface area contributed by atoms with E-state index in [4.69, 9.17) is 0 Å². The van der Waals surface area contributed by atoms with Crippen LogP contribution in [0.25, 0.3) is 22.3 Å². The standard InChI is InChI=1S/C16H17N3OS/c1-3-9-19-13-10-12(11-7-5-4-6-8-11)17-14(13)15(21-2)18-16(19)20/h4-8,10,17H,3,9H2,1-2H3. The quantitative estimate of drug-likeness (QED) is 0.592. The average molecular weight is 299 g/mol. The maximum Gasteiger partial charge on any atom is 0.349 e. The predicted molar refractivity (Wildman–Crippen MR) is 87.9 cm³/mol. The molecule has 1 aromatic carbocycles. The van der Waals surface area contributed by atoms with E-state index >= 15 is 0 Å². The molecule has 0 amide bonds. The van der Waals surface area contributed by atoms with E-state index in [-0.39, 0.29) is 5.69 Å². The first-order valence-corrected chi connectivity index (χ1v) is 8.20. The van der Waals surface area contributed by atoms with Crippen molar-refractivity contribution in [3.8, 4) is 11.3 Å². The largest absolute Gasteiger partial charge is 0.351 e. The van der Waals surface area contributed by atoms with Gasteiger partial charge in [0.1, 0.15) is 5.03 Å². The van der Waals surface area contributed by atoms with Crippen LogP contribution < -0.4 is 5.69 Å². The molecule has 0 saturated heterocycles. The van der Waals surface area contributed by atoms with Crippen molar-refractivity contribution >= 4 is 22.8 Å². The Morgan fingerprint density at radius 3 is 2.71 bits per heavy atom. The van der Waals surface area contributed by atoms with Crippen molar-refractivity contribution in [2.75, 3.05) is 6.26 Å². The van der Waals surface area contributed by atoms with Gasteiger partial charge in [0.2, 0.25) is 0 Å². The molecule has 0 aliphatic rings. The molecule has 2 heterocycles. The zero-order valence-corrected chi connectivity index (χ0v) is 12.9. The van der Waals surface area contributed by atoms with E-state index in [0.717, 1.165) is 33.7 Å². The van der Waals surface area contributed by atoms with Crippen molar-refractivity contribution < 1.29 is 0 Å². The molecule has 0 bridgehead atoms. The second kappa shape index (κ2) is 5.77. The minimum Gasteiger partial charge on any atom is -0.351 e. The van der Waals surface area contributed by atoms with Gasteiger partial charge in [0, 0.05) is 12.2 Å². The van der Waals surface area contributed by atoms with Crippen LogP contribution in [0.5, 0.6) is 0 Å². The molecular formula is C16H17N3OS. The molecule has 4 nitrogen and oxygen atoms in total. The van der Waals surface area contributed by atoms with E-state index in [9.17, 15) is 4.79 Å². The molecule has 0 atom stereocenters. The Bertz CT molecular complexity index is 821. The molecule has 0 fully saturated rings. The summed E-state index contributed by atoms with van der Waals surface area (Å²) in [5.74, 6) is 0. The van der Waals surface area contributed by atoms with Gasteiger partial charge >= 0.3 is 5.69 Å². The molecule has 108 valence electrons. The molecule has 0 aliphatic carbocycles. The predicted octanol–water partition coefficient (Wildman–Crippen LogP) is 3.52. The molecule has 2 aromatic heterocycles. The number of hydrogen-bond acceptors (Lipinski definition) is 3. The van der Waals surface area contributed by atoms with Crippen molar-refractivity contribution in [3.63, 3.8) is 0 Å². The molecule has 5 heteroatoms. The van der Waals surface area contributed by atoms with Gasteiger partial charge in [-0.15, -0.1) is 11.8 Å². The van der Waals surface area contributed by atoms with Gasteiger partial charge in [-0.3, -0.25) is 4.57 Å². The smallest absolute Gasteiger partial charge is 0.349 e. The molecule has 0 radical (unpaired) electrons. The number of aromatic nitrogens is 3. The fraction of sp³-hybridized carbons (Fsp3) is 0.250. The summed E-state index contributed by atoms with van der Waals surface area (Å²) in [6.07, 6.45) is 2.84. The number of H-pyrrole nitrogens is 1. The lowest BCUT2D eigenvalue weighted by molar-refractivity contribution is 0.653. The van der Waals surface area contributed by atoms with Gasteiger partial charge in [0.05, 0.1) is 11.0 Å². The minimum atomic E-state index is -0.174. The highest BCUT2D eigenvalue weighted by atomic mass is 32.2. The monoisotopic (exact) mass is 299 g/mol. The number of benzene rings is 1. The van der Waals surface area contributed by atoms with Gasteiger partial charge in [-0.25, -0.2) is 4.79 Å².